The van der Waals surface area contributed by atoms with Crippen LogP contribution in [-0.2, 0) is 11.8 Å². The number of carbonyl (C=O) groups is 1. The van der Waals surface area contributed by atoms with Crippen molar-refractivity contribution in [3.05, 3.63) is 41.2 Å². The quantitative estimate of drug-likeness (QED) is 0.844. The Morgan fingerprint density at radius 1 is 1.28 bits per heavy atom. The van der Waals surface area contributed by atoms with Gasteiger partial charge in [0.2, 0.25) is 0 Å². The van der Waals surface area contributed by atoms with E-state index < -0.39 is 6.10 Å². The summed E-state index contributed by atoms with van der Waals surface area (Å²) in [5.41, 5.74) is 3.32. The van der Waals surface area contributed by atoms with Crippen molar-refractivity contribution in [3.8, 4) is 5.69 Å². The monoisotopic (exact) mass is 344 g/mol. The fourth-order valence-electron chi connectivity index (χ4n) is 2.57. The lowest BCUT2D eigenvalue weighted by atomic mass is 9.87. The van der Waals surface area contributed by atoms with Gasteiger partial charge in [0.25, 0.3) is 5.91 Å². The topological polar surface area (TPSA) is 80.0 Å². The summed E-state index contributed by atoms with van der Waals surface area (Å²) in [6.07, 6.45) is 0.980. The summed E-state index contributed by atoms with van der Waals surface area (Å²) in [5.74, 6) is -0.304. The molecule has 25 heavy (non-hydrogen) atoms. The Kier molecular flexibility index (Phi) is 5.95. The van der Waals surface area contributed by atoms with E-state index in [9.17, 15) is 9.90 Å². The molecule has 0 fully saturated rings. The summed E-state index contributed by atoms with van der Waals surface area (Å²) in [5, 5.41) is 20.3. The summed E-state index contributed by atoms with van der Waals surface area (Å²) in [7, 11) is 0. The lowest BCUT2D eigenvalue weighted by Gasteiger charge is -2.19. The molecule has 0 aliphatic rings. The van der Waals surface area contributed by atoms with Crippen LogP contribution < -0.4 is 5.32 Å². The van der Waals surface area contributed by atoms with Crippen LogP contribution in [0.4, 0.5) is 0 Å². The highest BCUT2D eigenvalue weighted by Gasteiger charge is 2.20. The smallest absolute Gasteiger partial charge is 0.273 e. The van der Waals surface area contributed by atoms with Crippen molar-refractivity contribution in [2.24, 2.45) is 0 Å². The summed E-state index contributed by atoms with van der Waals surface area (Å²) in [4.78, 5) is 12.3. The van der Waals surface area contributed by atoms with Gasteiger partial charge in [-0.15, -0.1) is 5.10 Å². The van der Waals surface area contributed by atoms with Gasteiger partial charge in [-0.05, 0) is 36.5 Å². The number of hydrogen-bond acceptors (Lipinski definition) is 4. The van der Waals surface area contributed by atoms with E-state index in [4.69, 9.17) is 0 Å². The molecule has 0 spiro atoms. The van der Waals surface area contributed by atoms with Crippen LogP contribution in [0.3, 0.4) is 0 Å². The Morgan fingerprint density at radius 3 is 2.44 bits per heavy atom. The molecule has 0 saturated heterocycles. The zero-order valence-corrected chi connectivity index (χ0v) is 15.7. The lowest BCUT2D eigenvalue weighted by Crippen LogP contribution is -2.31. The van der Waals surface area contributed by atoms with Crippen molar-refractivity contribution in [3.63, 3.8) is 0 Å². The standard InChI is InChI=1S/C19H28N4O2/c1-6-7-16-17(18(25)20-12-13(2)24)21-22-23(16)15-10-8-14(9-11-15)19(3,4)5/h8-11,13,24H,6-7,12H2,1-5H3,(H,20,25). The van der Waals surface area contributed by atoms with E-state index in [1.165, 1.54) is 5.56 Å². The van der Waals surface area contributed by atoms with E-state index in [0.717, 1.165) is 17.8 Å². The highest BCUT2D eigenvalue weighted by atomic mass is 16.3. The third kappa shape index (κ3) is 4.66. The molecule has 2 rings (SSSR count). The predicted octanol–water partition coefficient (Wildman–Crippen LogP) is 2.63. The van der Waals surface area contributed by atoms with Crippen molar-refractivity contribution in [2.75, 3.05) is 6.54 Å². The maximum absolute atomic E-state index is 12.3. The van der Waals surface area contributed by atoms with Crippen molar-refractivity contribution >= 4 is 5.91 Å². The fraction of sp³-hybridized carbons (Fsp3) is 0.526. The molecule has 1 heterocycles. The van der Waals surface area contributed by atoms with Crippen molar-refractivity contribution in [1.29, 1.82) is 0 Å². The Labute approximate surface area is 149 Å². The molecule has 2 aromatic rings. The van der Waals surface area contributed by atoms with Gasteiger partial charge in [-0.3, -0.25) is 4.79 Å². The highest BCUT2D eigenvalue weighted by Crippen LogP contribution is 2.24. The maximum Gasteiger partial charge on any atom is 0.273 e. The molecule has 0 aliphatic carbocycles. The van der Waals surface area contributed by atoms with Crippen LogP contribution >= 0.6 is 0 Å². The van der Waals surface area contributed by atoms with Crippen molar-refractivity contribution in [2.45, 2.75) is 59.0 Å². The molecular weight excluding hydrogens is 316 g/mol. The first-order chi connectivity index (χ1) is 11.7. The van der Waals surface area contributed by atoms with Gasteiger partial charge in [0, 0.05) is 6.54 Å². The van der Waals surface area contributed by atoms with Gasteiger partial charge in [-0.25, -0.2) is 4.68 Å². The molecule has 1 aromatic carbocycles. The predicted molar refractivity (Wildman–Crippen MR) is 98.1 cm³/mol. The van der Waals surface area contributed by atoms with Gasteiger partial charge in [0.1, 0.15) is 0 Å². The summed E-state index contributed by atoms with van der Waals surface area (Å²) < 4.78 is 1.73. The molecule has 1 atom stereocenters. The first-order valence-corrected chi connectivity index (χ1v) is 8.75. The minimum atomic E-state index is -0.599. The van der Waals surface area contributed by atoms with E-state index in [-0.39, 0.29) is 17.9 Å². The summed E-state index contributed by atoms with van der Waals surface area (Å²) in [6, 6.07) is 8.18. The molecule has 0 bridgehead atoms. The van der Waals surface area contributed by atoms with Crippen LogP contribution in [0.25, 0.3) is 5.69 Å². The van der Waals surface area contributed by atoms with Gasteiger partial charge in [-0.2, -0.15) is 0 Å². The van der Waals surface area contributed by atoms with Gasteiger partial charge in [0.05, 0.1) is 17.5 Å². The third-order valence-corrected chi connectivity index (χ3v) is 4.00. The van der Waals surface area contributed by atoms with Crippen LogP contribution in [0.5, 0.6) is 0 Å². The van der Waals surface area contributed by atoms with Gasteiger partial charge in [0.15, 0.2) is 5.69 Å². The molecule has 6 nitrogen and oxygen atoms in total. The lowest BCUT2D eigenvalue weighted by molar-refractivity contribution is 0.0918. The second kappa shape index (κ2) is 7.78. The minimum Gasteiger partial charge on any atom is -0.392 e. The molecular formula is C19H28N4O2. The molecule has 2 N–H and O–H groups in total. The SMILES string of the molecule is CCCc1c(C(=O)NCC(C)O)nnn1-c1ccc(C(C)(C)C)cc1. The number of rotatable bonds is 6. The molecule has 136 valence electrons. The maximum atomic E-state index is 12.3. The van der Waals surface area contributed by atoms with Crippen LogP contribution in [0.1, 0.15) is 62.8 Å². The average Bonchev–Trinajstić information content (AvgIpc) is 2.96. The number of nitrogens with one attached hydrogen (secondary N) is 1. The zero-order valence-electron chi connectivity index (χ0n) is 15.7. The van der Waals surface area contributed by atoms with Crippen molar-refractivity contribution in [1.82, 2.24) is 20.3 Å². The largest absolute Gasteiger partial charge is 0.392 e. The Hall–Kier alpha value is -2.21. The number of amides is 1. The highest BCUT2D eigenvalue weighted by molar-refractivity contribution is 5.93. The molecule has 1 amide bonds. The second-order valence-corrected chi connectivity index (χ2v) is 7.40. The third-order valence-electron chi connectivity index (χ3n) is 4.00. The molecule has 0 aliphatic heterocycles. The van der Waals surface area contributed by atoms with Crippen LogP contribution in [0.2, 0.25) is 0 Å². The van der Waals surface area contributed by atoms with E-state index in [0.29, 0.717) is 12.1 Å². The Bertz CT molecular complexity index is 712. The molecule has 0 radical (unpaired) electrons. The van der Waals surface area contributed by atoms with Gasteiger partial charge >= 0.3 is 0 Å². The molecule has 0 saturated carbocycles. The zero-order chi connectivity index (χ0) is 18.6. The first-order valence-electron chi connectivity index (χ1n) is 8.75. The van der Waals surface area contributed by atoms with Crippen molar-refractivity contribution < 1.29 is 9.90 Å². The molecule has 6 heteroatoms. The number of hydrogen-bond donors (Lipinski definition) is 2. The Balaban J connectivity index is 2.33. The van der Waals surface area contributed by atoms with Crippen LogP contribution in [-0.4, -0.2) is 38.7 Å². The molecule has 1 unspecified atom stereocenters. The normalized spacial score (nSPS) is 12.9. The number of aromatic nitrogens is 3. The minimum absolute atomic E-state index is 0.0825. The van der Waals surface area contributed by atoms with Gasteiger partial charge in [-0.1, -0.05) is 51.5 Å². The van der Waals surface area contributed by atoms with E-state index >= 15 is 0 Å². The van der Waals surface area contributed by atoms with Gasteiger partial charge < -0.3 is 10.4 Å². The molecule has 1 aromatic heterocycles. The number of aliphatic hydroxyl groups excluding tert-OH is 1. The van der Waals surface area contributed by atoms with E-state index in [1.807, 2.05) is 12.1 Å². The van der Waals surface area contributed by atoms with Crippen LogP contribution in [0.15, 0.2) is 24.3 Å². The van der Waals surface area contributed by atoms with E-state index in [1.54, 1.807) is 11.6 Å². The first kappa shape index (κ1) is 19.1. The fourth-order valence-corrected chi connectivity index (χ4v) is 2.57. The van der Waals surface area contributed by atoms with E-state index in [2.05, 4.69) is 55.5 Å². The summed E-state index contributed by atoms with van der Waals surface area (Å²) >= 11 is 0. The number of carbonyl (C=O) groups excluding carboxylic acids is 1. The number of nitrogens with zero attached hydrogens (tertiary/aromatic N) is 3. The van der Waals surface area contributed by atoms with Crippen LogP contribution in [0, 0.1) is 0 Å². The number of benzene rings is 1. The number of aliphatic hydroxyl groups is 1. The second-order valence-electron chi connectivity index (χ2n) is 7.40. The summed E-state index contributed by atoms with van der Waals surface area (Å²) in [6.45, 7) is 10.4. The Morgan fingerprint density at radius 2 is 1.92 bits per heavy atom. The average molecular weight is 344 g/mol.